The van der Waals surface area contributed by atoms with Crippen molar-refractivity contribution in [3.8, 4) is 0 Å². The van der Waals surface area contributed by atoms with Gasteiger partial charge >= 0.3 is 5.97 Å². The van der Waals surface area contributed by atoms with Crippen molar-refractivity contribution in [1.29, 1.82) is 0 Å². The van der Waals surface area contributed by atoms with Crippen molar-refractivity contribution in [1.82, 2.24) is 10.6 Å². The molecule has 1 heterocycles. The maximum Gasteiger partial charge on any atom is 0.341 e. The van der Waals surface area contributed by atoms with Crippen LogP contribution in [0.3, 0.4) is 0 Å². The number of hydrogen-bond donors (Lipinski definition) is 2. The van der Waals surface area contributed by atoms with Crippen molar-refractivity contribution in [2.24, 2.45) is 4.99 Å². The summed E-state index contributed by atoms with van der Waals surface area (Å²) >= 11 is 0. The first-order chi connectivity index (χ1) is 12.1. The Labute approximate surface area is 148 Å². The lowest BCUT2D eigenvalue weighted by molar-refractivity contribution is 0.0599. The van der Waals surface area contributed by atoms with Gasteiger partial charge in [-0.05, 0) is 30.5 Å². The molecule has 2 aromatic rings. The number of aliphatic imine (C=N–C) groups is 1. The third-order valence-corrected chi connectivity index (χ3v) is 3.97. The summed E-state index contributed by atoms with van der Waals surface area (Å²) in [6.07, 6.45) is 0.992. The molecule has 0 saturated carbocycles. The van der Waals surface area contributed by atoms with Crippen LogP contribution in [-0.4, -0.2) is 26.1 Å². The highest BCUT2D eigenvalue weighted by Gasteiger charge is 2.15. The topological polar surface area (TPSA) is 75.9 Å². The Hall–Kier alpha value is -2.76. The predicted molar refractivity (Wildman–Crippen MR) is 97.6 cm³/mol. The molecule has 0 atom stereocenters. The maximum absolute atomic E-state index is 11.6. The van der Waals surface area contributed by atoms with Gasteiger partial charge in [0.1, 0.15) is 17.1 Å². The molecule has 0 aliphatic rings. The zero-order chi connectivity index (χ0) is 18.2. The molecule has 25 heavy (non-hydrogen) atoms. The van der Waals surface area contributed by atoms with Gasteiger partial charge in [-0.3, -0.25) is 4.99 Å². The molecule has 6 nitrogen and oxygen atoms in total. The second kappa shape index (κ2) is 8.92. The Balaban J connectivity index is 1.94. The fourth-order valence-electron chi connectivity index (χ4n) is 2.59. The van der Waals surface area contributed by atoms with E-state index in [2.05, 4.69) is 34.7 Å². The number of hydrogen-bond acceptors (Lipinski definition) is 4. The molecule has 0 aliphatic heterocycles. The summed E-state index contributed by atoms with van der Waals surface area (Å²) < 4.78 is 10.3. The number of carbonyl (C=O) groups excluding carboxylic acids is 1. The highest BCUT2D eigenvalue weighted by Crippen LogP contribution is 2.15. The Morgan fingerprint density at radius 2 is 1.88 bits per heavy atom. The van der Waals surface area contributed by atoms with Crippen molar-refractivity contribution in [2.75, 3.05) is 14.2 Å². The number of ether oxygens (including phenoxy) is 1. The number of aryl methyl sites for hydroxylation is 2. The van der Waals surface area contributed by atoms with E-state index in [0.29, 0.717) is 36.1 Å². The monoisotopic (exact) mass is 343 g/mol. The van der Waals surface area contributed by atoms with E-state index in [4.69, 9.17) is 9.15 Å². The minimum absolute atomic E-state index is 0.397. The van der Waals surface area contributed by atoms with Crippen molar-refractivity contribution < 1.29 is 13.9 Å². The van der Waals surface area contributed by atoms with Crippen molar-refractivity contribution in [2.45, 2.75) is 33.4 Å². The molecule has 0 fully saturated rings. The third-order valence-electron chi connectivity index (χ3n) is 3.97. The summed E-state index contributed by atoms with van der Waals surface area (Å²) in [6.45, 7) is 5.00. The average molecular weight is 343 g/mol. The first-order valence-electron chi connectivity index (χ1n) is 8.28. The normalized spacial score (nSPS) is 11.3. The molecule has 0 amide bonds. The van der Waals surface area contributed by atoms with Crippen LogP contribution in [0.5, 0.6) is 0 Å². The number of nitrogens with zero attached hydrogens (tertiary/aromatic N) is 1. The Bertz CT molecular complexity index is 750. The van der Waals surface area contributed by atoms with E-state index in [1.165, 1.54) is 18.2 Å². The second-order valence-electron chi connectivity index (χ2n) is 5.58. The molecule has 0 aliphatic carbocycles. The molecule has 0 saturated heterocycles. The Kier molecular flexibility index (Phi) is 6.62. The summed E-state index contributed by atoms with van der Waals surface area (Å²) in [4.78, 5) is 15.8. The lowest BCUT2D eigenvalue weighted by Gasteiger charge is -2.13. The summed E-state index contributed by atoms with van der Waals surface area (Å²) in [5.41, 5.74) is 3.00. The van der Waals surface area contributed by atoms with E-state index >= 15 is 0 Å². The number of nitrogens with one attached hydrogen (secondary N) is 2. The van der Waals surface area contributed by atoms with Gasteiger partial charge in [-0.2, -0.15) is 0 Å². The summed E-state index contributed by atoms with van der Waals surface area (Å²) in [6, 6.07) is 10.0. The number of esters is 1. The number of carbonyl (C=O) groups is 1. The average Bonchev–Trinajstić information content (AvgIpc) is 3.02. The number of benzene rings is 1. The van der Waals surface area contributed by atoms with Crippen LogP contribution in [-0.2, 0) is 24.2 Å². The van der Waals surface area contributed by atoms with E-state index in [9.17, 15) is 4.79 Å². The maximum atomic E-state index is 11.6. The molecule has 6 heteroatoms. The van der Waals surface area contributed by atoms with Crippen LogP contribution in [0.1, 0.15) is 39.9 Å². The quantitative estimate of drug-likeness (QED) is 0.479. The smallest absolute Gasteiger partial charge is 0.341 e. The lowest BCUT2D eigenvalue weighted by atomic mass is 10.1. The Morgan fingerprint density at radius 1 is 1.20 bits per heavy atom. The van der Waals surface area contributed by atoms with Crippen LogP contribution in [0, 0.1) is 6.92 Å². The second-order valence-corrected chi connectivity index (χ2v) is 5.58. The van der Waals surface area contributed by atoms with Crippen LogP contribution < -0.4 is 10.6 Å². The number of guanidine groups is 1. The Morgan fingerprint density at radius 3 is 2.52 bits per heavy atom. The summed E-state index contributed by atoms with van der Waals surface area (Å²) in [5, 5.41) is 6.48. The zero-order valence-electron chi connectivity index (χ0n) is 15.2. The minimum Gasteiger partial charge on any atom is -0.465 e. The summed E-state index contributed by atoms with van der Waals surface area (Å²) in [5.74, 6) is 1.46. The highest BCUT2D eigenvalue weighted by atomic mass is 16.5. The molecule has 0 unspecified atom stereocenters. The van der Waals surface area contributed by atoms with Crippen LogP contribution in [0.4, 0.5) is 0 Å². The largest absolute Gasteiger partial charge is 0.465 e. The molecule has 1 aromatic carbocycles. The van der Waals surface area contributed by atoms with Crippen molar-refractivity contribution in [3.63, 3.8) is 0 Å². The van der Waals surface area contributed by atoms with E-state index in [0.717, 1.165) is 6.42 Å². The molecule has 2 N–H and O–H groups in total. The lowest BCUT2D eigenvalue weighted by Crippen LogP contribution is -2.36. The van der Waals surface area contributed by atoms with E-state index in [1.807, 2.05) is 12.1 Å². The SMILES string of the molecule is CCc1ccccc1CNC(=NC)NCc1cc(C(=O)OC)c(C)o1. The van der Waals surface area contributed by atoms with Gasteiger partial charge in [-0.15, -0.1) is 0 Å². The molecular formula is C19H25N3O3. The van der Waals surface area contributed by atoms with Gasteiger partial charge in [0.05, 0.1) is 13.7 Å². The molecule has 0 radical (unpaired) electrons. The van der Waals surface area contributed by atoms with E-state index in [1.54, 1.807) is 20.0 Å². The fourth-order valence-corrected chi connectivity index (χ4v) is 2.59. The molecule has 0 spiro atoms. The van der Waals surface area contributed by atoms with E-state index < -0.39 is 5.97 Å². The van der Waals surface area contributed by atoms with Gasteiger partial charge in [0.2, 0.25) is 0 Å². The van der Waals surface area contributed by atoms with Gasteiger partial charge in [-0.25, -0.2) is 4.79 Å². The zero-order valence-corrected chi connectivity index (χ0v) is 15.2. The van der Waals surface area contributed by atoms with Gasteiger partial charge in [0.25, 0.3) is 0 Å². The van der Waals surface area contributed by atoms with Gasteiger partial charge in [0, 0.05) is 13.6 Å². The fraction of sp³-hybridized carbons (Fsp3) is 0.368. The number of furan rings is 1. The predicted octanol–water partition coefficient (Wildman–Crippen LogP) is 2.80. The standard InChI is InChI=1S/C19H25N3O3/c1-5-14-8-6-7-9-15(14)11-21-19(20-3)22-12-16-10-17(13(2)25-16)18(23)24-4/h6-10H,5,11-12H2,1-4H3,(H2,20,21,22). The summed E-state index contributed by atoms with van der Waals surface area (Å²) in [7, 11) is 3.07. The number of methoxy groups -OCH3 is 1. The van der Waals surface area contributed by atoms with E-state index in [-0.39, 0.29) is 0 Å². The minimum atomic E-state index is -0.397. The van der Waals surface area contributed by atoms with Crippen molar-refractivity contribution >= 4 is 11.9 Å². The first-order valence-corrected chi connectivity index (χ1v) is 8.28. The molecular weight excluding hydrogens is 318 g/mol. The van der Waals surface area contributed by atoms with Crippen LogP contribution in [0.15, 0.2) is 39.7 Å². The molecule has 2 rings (SSSR count). The molecule has 0 bridgehead atoms. The van der Waals surface area contributed by atoms with Crippen LogP contribution in [0.2, 0.25) is 0 Å². The van der Waals surface area contributed by atoms with Crippen molar-refractivity contribution in [3.05, 3.63) is 58.5 Å². The molecule has 1 aromatic heterocycles. The van der Waals surface area contributed by atoms with Crippen LogP contribution >= 0.6 is 0 Å². The highest BCUT2D eigenvalue weighted by molar-refractivity contribution is 5.90. The van der Waals surface area contributed by atoms with Gasteiger partial charge in [0.15, 0.2) is 5.96 Å². The van der Waals surface area contributed by atoms with Crippen LogP contribution in [0.25, 0.3) is 0 Å². The molecule has 134 valence electrons. The first kappa shape index (κ1) is 18.6. The van der Waals surface area contributed by atoms with Gasteiger partial charge in [-0.1, -0.05) is 31.2 Å². The van der Waals surface area contributed by atoms with Gasteiger partial charge < -0.3 is 19.8 Å². The third kappa shape index (κ3) is 4.86. The number of rotatable bonds is 6.